The van der Waals surface area contributed by atoms with Gasteiger partial charge in [0.2, 0.25) is 0 Å². The predicted molar refractivity (Wildman–Crippen MR) is 75.2 cm³/mol. The Hall–Kier alpha value is -3.13. The third kappa shape index (κ3) is 2.10. The van der Waals surface area contributed by atoms with Crippen molar-refractivity contribution >= 4 is 16.6 Å². The topological polar surface area (TPSA) is 84.8 Å². The molecule has 2 N–H and O–H groups in total. The van der Waals surface area contributed by atoms with E-state index in [0.29, 0.717) is 28.4 Å². The molecule has 5 nitrogen and oxygen atoms in total. The fourth-order valence-electron chi connectivity index (χ4n) is 1.92. The number of aromatic nitrogens is 2. The van der Waals surface area contributed by atoms with Crippen molar-refractivity contribution in [2.45, 2.75) is 0 Å². The minimum atomic E-state index is 0.306. The van der Waals surface area contributed by atoms with Gasteiger partial charge < -0.3 is 10.5 Å². The lowest BCUT2D eigenvalue weighted by atomic mass is 10.2. The van der Waals surface area contributed by atoms with Crippen LogP contribution in [-0.2, 0) is 0 Å². The molecule has 0 radical (unpaired) electrons. The number of nitrogens with two attached hydrogens (primary N) is 1. The van der Waals surface area contributed by atoms with E-state index >= 15 is 0 Å². The molecule has 20 heavy (non-hydrogen) atoms. The van der Waals surface area contributed by atoms with Gasteiger partial charge in [-0.05, 0) is 30.3 Å². The summed E-state index contributed by atoms with van der Waals surface area (Å²) in [7, 11) is 0. The summed E-state index contributed by atoms with van der Waals surface area (Å²) in [4.78, 5) is 8.15. The van der Waals surface area contributed by atoms with Crippen LogP contribution in [0.15, 0.2) is 48.8 Å². The van der Waals surface area contributed by atoms with Crippen molar-refractivity contribution in [2.24, 2.45) is 0 Å². The Kier molecular flexibility index (Phi) is 2.90. The zero-order valence-corrected chi connectivity index (χ0v) is 10.4. The molecule has 2 aromatic heterocycles. The van der Waals surface area contributed by atoms with Gasteiger partial charge in [0.05, 0.1) is 11.2 Å². The van der Waals surface area contributed by atoms with Crippen LogP contribution < -0.4 is 10.5 Å². The van der Waals surface area contributed by atoms with Gasteiger partial charge in [0.1, 0.15) is 23.3 Å². The van der Waals surface area contributed by atoms with E-state index in [4.69, 9.17) is 15.7 Å². The van der Waals surface area contributed by atoms with E-state index in [1.54, 1.807) is 30.5 Å². The average molecular weight is 262 g/mol. The van der Waals surface area contributed by atoms with Crippen molar-refractivity contribution in [3.8, 4) is 17.6 Å². The van der Waals surface area contributed by atoms with Gasteiger partial charge in [0.25, 0.3) is 0 Å². The molecule has 0 aliphatic carbocycles. The number of anilines is 1. The van der Waals surface area contributed by atoms with E-state index in [0.717, 1.165) is 5.39 Å². The minimum absolute atomic E-state index is 0.306. The second-order valence-corrected chi connectivity index (χ2v) is 4.14. The number of pyridine rings is 2. The molecular weight excluding hydrogens is 252 g/mol. The molecule has 0 aliphatic heterocycles. The summed E-state index contributed by atoms with van der Waals surface area (Å²) in [6, 6.07) is 12.5. The zero-order valence-electron chi connectivity index (χ0n) is 10.4. The summed E-state index contributed by atoms with van der Waals surface area (Å²) in [5, 5.41) is 9.66. The predicted octanol–water partition coefficient (Wildman–Crippen LogP) is 2.88. The molecule has 0 saturated carbocycles. The van der Waals surface area contributed by atoms with E-state index in [2.05, 4.69) is 9.97 Å². The number of nitrogens with zero attached hydrogens (tertiary/aromatic N) is 3. The number of rotatable bonds is 2. The Bertz CT molecular complexity index is 823. The SMILES string of the molecule is N#Cc1cc(Oc2ccc(N)c3ncccc23)ccn1. The average Bonchev–Trinajstić information content (AvgIpc) is 2.51. The van der Waals surface area contributed by atoms with Gasteiger partial charge in [0, 0.05) is 23.8 Å². The van der Waals surface area contributed by atoms with Crippen LogP contribution in [0.25, 0.3) is 10.9 Å². The number of fused-ring (bicyclic) bond motifs is 1. The zero-order chi connectivity index (χ0) is 13.9. The van der Waals surface area contributed by atoms with Crippen molar-refractivity contribution in [2.75, 3.05) is 5.73 Å². The van der Waals surface area contributed by atoms with Gasteiger partial charge in [-0.1, -0.05) is 0 Å². The lowest BCUT2D eigenvalue weighted by Gasteiger charge is -2.09. The smallest absolute Gasteiger partial charge is 0.144 e. The summed E-state index contributed by atoms with van der Waals surface area (Å²) in [5.41, 5.74) is 7.49. The van der Waals surface area contributed by atoms with Crippen LogP contribution in [0, 0.1) is 11.3 Å². The number of nitrogen functional groups attached to an aromatic ring is 1. The summed E-state index contributed by atoms with van der Waals surface area (Å²) in [6.07, 6.45) is 3.22. The maximum absolute atomic E-state index is 8.84. The van der Waals surface area contributed by atoms with Crippen LogP contribution in [-0.4, -0.2) is 9.97 Å². The Balaban J connectivity index is 2.07. The van der Waals surface area contributed by atoms with E-state index in [1.807, 2.05) is 18.2 Å². The number of ether oxygens (including phenoxy) is 1. The highest BCUT2D eigenvalue weighted by Gasteiger charge is 2.07. The van der Waals surface area contributed by atoms with Crippen LogP contribution in [0.2, 0.25) is 0 Å². The molecule has 0 spiro atoms. The van der Waals surface area contributed by atoms with Crippen molar-refractivity contribution < 1.29 is 4.74 Å². The monoisotopic (exact) mass is 262 g/mol. The standard InChI is InChI=1S/C15H10N4O/c16-9-10-8-11(5-7-18-10)20-14-4-3-13(17)15-12(14)2-1-6-19-15/h1-8H,17H2. The Morgan fingerprint density at radius 2 is 2.00 bits per heavy atom. The van der Waals surface area contributed by atoms with E-state index < -0.39 is 0 Å². The van der Waals surface area contributed by atoms with Gasteiger partial charge in [0.15, 0.2) is 0 Å². The van der Waals surface area contributed by atoms with Gasteiger partial charge >= 0.3 is 0 Å². The Morgan fingerprint density at radius 3 is 2.85 bits per heavy atom. The molecule has 0 aliphatic rings. The highest BCUT2D eigenvalue weighted by Crippen LogP contribution is 2.31. The highest BCUT2D eigenvalue weighted by molar-refractivity contribution is 5.93. The van der Waals surface area contributed by atoms with Crippen molar-refractivity contribution in [3.63, 3.8) is 0 Å². The van der Waals surface area contributed by atoms with Crippen LogP contribution in [0.3, 0.4) is 0 Å². The summed E-state index contributed by atoms with van der Waals surface area (Å²) < 4.78 is 5.80. The molecule has 96 valence electrons. The van der Waals surface area contributed by atoms with Gasteiger partial charge in [-0.3, -0.25) is 4.98 Å². The Labute approximate surface area is 115 Å². The first kappa shape index (κ1) is 11.9. The van der Waals surface area contributed by atoms with Crippen molar-refractivity contribution in [3.05, 3.63) is 54.5 Å². The molecular formula is C15H10N4O. The number of hydrogen-bond donors (Lipinski definition) is 1. The first-order chi connectivity index (χ1) is 9.78. The minimum Gasteiger partial charge on any atom is -0.456 e. The van der Waals surface area contributed by atoms with Crippen molar-refractivity contribution in [1.29, 1.82) is 5.26 Å². The summed E-state index contributed by atoms with van der Waals surface area (Å²) in [5.74, 6) is 1.18. The number of nitriles is 1. The van der Waals surface area contributed by atoms with E-state index in [1.165, 1.54) is 6.20 Å². The second kappa shape index (κ2) is 4.86. The third-order valence-electron chi connectivity index (χ3n) is 2.83. The molecule has 0 amide bonds. The van der Waals surface area contributed by atoms with Gasteiger partial charge in [-0.25, -0.2) is 4.98 Å². The van der Waals surface area contributed by atoms with Crippen LogP contribution >= 0.6 is 0 Å². The van der Waals surface area contributed by atoms with Gasteiger partial charge in [-0.15, -0.1) is 0 Å². The molecule has 3 aromatic rings. The molecule has 0 unspecified atom stereocenters. The molecule has 2 heterocycles. The van der Waals surface area contributed by atoms with Crippen LogP contribution in [0.4, 0.5) is 5.69 Å². The Morgan fingerprint density at radius 1 is 1.10 bits per heavy atom. The fourth-order valence-corrected chi connectivity index (χ4v) is 1.92. The highest BCUT2D eigenvalue weighted by atomic mass is 16.5. The molecule has 0 saturated heterocycles. The third-order valence-corrected chi connectivity index (χ3v) is 2.83. The van der Waals surface area contributed by atoms with Crippen LogP contribution in [0.5, 0.6) is 11.5 Å². The second-order valence-electron chi connectivity index (χ2n) is 4.14. The maximum Gasteiger partial charge on any atom is 0.144 e. The maximum atomic E-state index is 8.84. The molecule has 0 bridgehead atoms. The lowest BCUT2D eigenvalue weighted by Crippen LogP contribution is -1.93. The van der Waals surface area contributed by atoms with Crippen molar-refractivity contribution in [1.82, 2.24) is 9.97 Å². The largest absolute Gasteiger partial charge is 0.456 e. The molecule has 1 aromatic carbocycles. The lowest BCUT2D eigenvalue weighted by molar-refractivity contribution is 0.487. The van der Waals surface area contributed by atoms with E-state index in [9.17, 15) is 0 Å². The van der Waals surface area contributed by atoms with Gasteiger partial charge in [-0.2, -0.15) is 5.26 Å². The van der Waals surface area contributed by atoms with E-state index in [-0.39, 0.29) is 0 Å². The van der Waals surface area contributed by atoms with Crippen LogP contribution in [0.1, 0.15) is 5.69 Å². The molecule has 0 atom stereocenters. The number of benzene rings is 1. The summed E-state index contributed by atoms with van der Waals surface area (Å²) >= 11 is 0. The fraction of sp³-hybridized carbons (Fsp3) is 0. The molecule has 3 rings (SSSR count). The summed E-state index contributed by atoms with van der Waals surface area (Å²) in [6.45, 7) is 0. The first-order valence-corrected chi connectivity index (χ1v) is 5.95. The number of hydrogen-bond acceptors (Lipinski definition) is 5. The molecule has 5 heteroatoms. The quantitative estimate of drug-likeness (QED) is 0.718. The first-order valence-electron chi connectivity index (χ1n) is 5.95. The normalized spacial score (nSPS) is 10.2. The molecule has 0 fully saturated rings.